The maximum absolute atomic E-state index is 13.2. The SMILES string of the molecule is Cc1ncc(-c2cn(C3[C@H]4CC(O)C[C@@H]34)c(C(C)C)n2)cc1C(F)(F)F. The molecule has 4 nitrogen and oxygen atoms in total. The van der Waals surface area contributed by atoms with Gasteiger partial charge in [0.2, 0.25) is 0 Å². The van der Waals surface area contributed by atoms with Crippen molar-refractivity contribution in [3.63, 3.8) is 0 Å². The summed E-state index contributed by atoms with van der Waals surface area (Å²) in [6.07, 6.45) is 0.258. The summed E-state index contributed by atoms with van der Waals surface area (Å²) in [5, 5.41) is 9.75. The van der Waals surface area contributed by atoms with E-state index in [0.717, 1.165) is 24.7 Å². The maximum atomic E-state index is 13.2. The zero-order chi connectivity index (χ0) is 18.8. The average Bonchev–Trinajstić information content (AvgIpc) is 2.91. The number of aryl methyl sites for hydroxylation is 1. The van der Waals surface area contributed by atoms with Crippen LogP contribution in [0.25, 0.3) is 11.3 Å². The zero-order valence-electron chi connectivity index (χ0n) is 15.0. The molecule has 0 saturated heterocycles. The van der Waals surface area contributed by atoms with Gasteiger partial charge in [0.15, 0.2) is 0 Å². The van der Waals surface area contributed by atoms with E-state index in [1.165, 1.54) is 13.1 Å². The van der Waals surface area contributed by atoms with Gasteiger partial charge in [-0.05, 0) is 37.7 Å². The third-order valence-electron chi connectivity index (χ3n) is 5.66. The molecule has 4 atom stereocenters. The van der Waals surface area contributed by atoms with Crippen LogP contribution in [0, 0.1) is 18.8 Å². The minimum absolute atomic E-state index is 0.0320. The monoisotopic (exact) mass is 365 g/mol. The van der Waals surface area contributed by atoms with Crippen molar-refractivity contribution in [2.24, 2.45) is 11.8 Å². The minimum Gasteiger partial charge on any atom is -0.393 e. The highest BCUT2D eigenvalue weighted by Gasteiger charge is 2.57. The Morgan fingerprint density at radius 1 is 1.23 bits per heavy atom. The van der Waals surface area contributed by atoms with Gasteiger partial charge < -0.3 is 9.67 Å². The van der Waals surface area contributed by atoms with E-state index in [-0.39, 0.29) is 17.7 Å². The summed E-state index contributed by atoms with van der Waals surface area (Å²) >= 11 is 0. The molecule has 2 saturated carbocycles. The molecule has 0 aliphatic heterocycles. The normalized spacial score (nSPS) is 27.8. The van der Waals surface area contributed by atoms with E-state index in [1.807, 2.05) is 20.0 Å². The van der Waals surface area contributed by atoms with Gasteiger partial charge in [0.1, 0.15) is 5.82 Å². The number of fused-ring (bicyclic) bond motifs is 1. The summed E-state index contributed by atoms with van der Waals surface area (Å²) in [4.78, 5) is 8.56. The van der Waals surface area contributed by atoms with Gasteiger partial charge >= 0.3 is 6.18 Å². The van der Waals surface area contributed by atoms with Crippen molar-refractivity contribution in [2.75, 3.05) is 0 Å². The van der Waals surface area contributed by atoms with Crippen molar-refractivity contribution in [1.82, 2.24) is 14.5 Å². The zero-order valence-corrected chi connectivity index (χ0v) is 15.0. The standard InChI is InChI=1S/C19H22F3N3O/c1-9(2)18-24-16(8-25(18)17-13-5-12(26)6-14(13)17)11-4-15(19(20,21)22)10(3)23-7-11/h4,7-9,12-14,17,26H,5-6H2,1-3H3/t12?,13-,14+,17?. The second-order valence-electron chi connectivity index (χ2n) is 7.84. The molecule has 140 valence electrons. The Bertz CT molecular complexity index is 831. The number of alkyl halides is 3. The third kappa shape index (κ3) is 2.82. The van der Waals surface area contributed by atoms with Crippen LogP contribution in [0.5, 0.6) is 0 Å². The minimum atomic E-state index is -4.43. The van der Waals surface area contributed by atoms with Crippen molar-refractivity contribution in [3.05, 3.63) is 35.5 Å². The topological polar surface area (TPSA) is 50.9 Å². The Balaban J connectivity index is 1.72. The largest absolute Gasteiger partial charge is 0.418 e. The number of pyridine rings is 1. The Hall–Kier alpha value is -1.89. The van der Waals surface area contributed by atoms with Crippen molar-refractivity contribution in [2.45, 2.75) is 57.9 Å². The van der Waals surface area contributed by atoms with Gasteiger partial charge in [-0.2, -0.15) is 13.2 Å². The summed E-state index contributed by atoms with van der Waals surface area (Å²) in [5.41, 5.74) is 0.157. The fraction of sp³-hybridized carbons (Fsp3) is 0.579. The van der Waals surface area contributed by atoms with Gasteiger partial charge in [0.25, 0.3) is 0 Å². The first-order valence-electron chi connectivity index (χ1n) is 8.98. The maximum Gasteiger partial charge on any atom is 0.418 e. The quantitative estimate of drug-likeness (QED) is 0.880. The van der Waals surface area contributed by atoms with Crippen molar-refractivity contribution in [3.8, 4) is 11.3 Å². The van der Waals surface area contributed by atoms with Crippen molar-refractivity contribution < 1.29 is 18.3 Å². The van der Waals surface area contributed by atoms with Crippen LogP contribution in [0.1, 0.15) is 55.7 Å². The van der Waals surface area contributed by atoms with Gasteiger partial charge in [0, 0.05) is 35.6 Å². The van der Waals surface area contributed by atoms with Gasteiger partial charge in [0.05, 0.1) is 17.4 Å². The van der Waals surface area contributed by atoms with Crippen molar-refractivity contribution in [1.29, 1.82) is 0 Å². The van der Waals surface area contributed by atoms with Gasteiger partial charge in [-0.25, -0.2) is 4.98 Å². The Kier molecular flexibility index (Phi) is 3.91. The van der Waals surface area contributed by atoms with Crippen LogP contribution in [-0.4, -0.2) is 25.7 Å². The molecule has 2 aromatic rings. The molecule has 7 heteroatoms. The number of aliphatic hydroxyl groups excluding tert-OH is 1. The summed E-state index contributed by atoms with van der Waals surface area (Å²) < 4.78 is 41.7. The molecular formula is C19H22F3N3O. The van der Waals surface area contributed by atoms with E-state index in [0.29, 0.717) is 29.1 Å². The molecule has 4 rings (SSSR count). The van der Waals surface area contributed by atoms with Crippen LogP contribution < -0.4 is 0 Å². The van der Waals surface area contributed by atoms with Crippen LogP contribution in [0.2, 0.25) is 0 Å². The van der Waals surface area contributed by atoms with E-state index < -0.39 is 11.7 Å². The summed E-state index contributed by atoms with van der Waals surface area (Å²) in [7, 11) is 0. The van der Waals surface area contributed by atoms with E-state index in [4.69, 9.17) is 0 Å². The molecule has 26 heavy (non-hydrogen) atoms. The fourth-order valence-corrected chi connectivity index (χ4v) is 4.36. The molecule has 0 bridgehead atoms. The molecule has 0 amide bonds. The number of nitrogens with zero attached hydrogens (tertiary/aromatic N) is 3. The molecule has 2 fully saturated rings. The number of hydrogen-bond donors (Lipinski definition) is 1. The Morgan fingerprint density at radius 3 is 2.46 bits per heavy atom. The highest BCUT2D eigenvalue weighted by Crippen LogP contribution is 2.61. The fourth-order valence-electron chi connectivity index (χ4n) is 4.36. The Labute approximate surface area is 150 Å². The highest BCUT2D eigenvalue weighted by atomic mass is 19.4. The first-order valence-corrected chi connectivity index (χ1v) is 8.98. The number of halogens is 3. The average molecular weight is 365 g/mol. The van der Waals surface area contributed by atoms with Crippen LogP contribution in [-0.2, 0) is 6.18 Å². The lowest BCUT2D eigenvalue weighted by molar-refractivity contribution is -0.138. The van der Waals surface area contributed by atoms with Crippen LogP contribution in [0.4, 0.5) is 13.2 Å². The van der Waals surface area contributed by atoms with E-state index >= 15 is 0 Å². The third-order valence-corrected chi connectivity index (χ3v) is 5.66. The first-order chi connectivity index (χ1) is 12.2. The molecule has 2 aliphatic rings. The predicted molar refractivity (Wildman–Crippen MR) is 90.5 cm³/mol. The van der Waals surface area contributed by atoms with Gasteiger partial charge in [-0.15, -0.1) is 0 Å². The van der Waals surface area contributed by atoms with Crippen molar-refractivity contribution >= 4 is 0 Å². The molecule has 0 aromatic carbocycles. The van der Waals surface area contributed by atoms with Crippen LogP contribution >= 0.6 is 0 Å². The van der Waals surface area contributed by atoms with E-state index in [9.17, 15) is 18.3 Å². The number of aliphatic hydroxyl groups is 1. The Morgan fingerprint density at radius 2 is 1.88 bits per heavy atom. The van der Waals surface area contributed by atoms with Gasteiger partial charge in [-0.3, -0.25) is 4.98 Å². The lowest BCUT2D eigenvalue weighted by Gasteiger charge is -2.13. The molecule has 2 aliphatic carbocycles. The lowest BCUT2D eigenvalue weighted by Crippen LogP contribution is -2.11. The molecule has 0 spiro atoms. The molecule has 0 radical (unpaired) electrons. The van der Waals surface area contributed by atoms with Gasteiger partial charge in [-0.1, -0.05) is 13.8 Å². The number of imidazole rings is 1. The number of rotatable bonds is 3. The highest BCUT2D eigenvalue weighted by molar-refractivity contribution is 5.59. The second kappa shape index (κ2) is 5.81. The lowest BCUT2D eigenvalue weighted by atomic mass is 10.1. The van der Waals surface area contributed by atoms with Crippen LogP contribution in [0.15, 0.2) is 18.5 Å². The molecule has 2 aromatic heterocycles. The smallest absolute Gasteiger partial charge is 0.393 e. The number of aromatic nitrogens is 3. The summed E-state index contributed by atoms with van der Waals surface area (Å²) in [6.45, 7) is 5.43. The molecule has 2 unspecified atom stereocenters. The van der Waals surface area contributed by atoms with E-state index in [1.54, 1.807) is 0 Å². The summed E-state index contributed by atoms with van der Waals surface area (Å²) in [6, 6.07) is 1.44. The second-order valence-corrected chi connectivity index (χ2v) is 7.84. The summed E-state index contributed by atoms with van der Waals surface area (Å²) in [5.74, 6) is 1.94. The molecule has 1 N–H and O–H groups in total. The first kappa shape index (κ1) is 17.5. The molecular weight excluding hydrogens is 343 g/mol. The predicted octanol–water partition coefficient (Wildman–Crippen LogP) is 4.34. The van der Waals surface area contributed by atoms with E-state index in [2.05, 4.69) is 14.5 Å². The molecule has 2 heterocycles. The van der Waals surface area contributed by atoms with Crippen LogP contribution in [0.3, 0.4) is 0 Å². The number of hydrogen-bond acceptors (Lipinski definition) is 3.